The van der Waals surface area contributed by atoms with Crippen molar-refractivity contribution in [2.75, 3.05) is 19.8 Å². The number of halogens is 1. The molecule has 6 nitrogen and oxygen atoms in total. The lowest BCUT2D eigenvalue weighted by Crippen LogP contribution is -2.18. The van der Waals surface area contributed by atoms with Gasteiger partial charge in [-0.25, -0.2) is 22.7 Å². The van der Waals surface area contributed by atoms with Gasteiger partial charge in [0.1, 0.15) is 12.4 Å². The third kappa shape index (κ3) is 5.07. The van der Waals surface area contributed by atoms with Crippen LogP contribution in [0.5, 0.6) is 0 Å². The Morgan fingerprint density at radius 3 is 2.52 bits per heavy atom. The van der Waals surface area contributed by atoms with E-state index in [9.17, 15) is 17.6 Å². The third-order valence-corrected chi connectivity index (χ3v) is 3.70. The summed E-state index contributed by atoms with van der Waals surface area (Å²) in [5.74, 6) is -1.70. The van der Waals surface area contributed by atoms with Crippen LogP contribution in [0.3, 0.4) is 0 Å². The van der Waals surface area contributed by atoms with Crippen molar-refractivity contribution in [1.82, 2.24) is 0 Å². The van der Waals surface area contributed by atoms with Gasteiger partial charge in [0.25, 0.3) is 0 Å². The van der Waals surface area contributed by atoms with E-state index >= 15 is 0 Å². The molecule has 21 heavy (non-hydrogen) atoms. The number of esters is 1. The molecule has 0 heterocycles. The van der Waals surface area contributed by atoms with E-state index in [-0.39, 0.29) is 24.3 Å². The molecule has 0 aromatic heterocycles. The maximum absolute atomic E-state index is 13.4. The Morgan fingerprint density at radius 1 is 1.29 bits per heavy atom. The Balaban J connectivity index is 2.88. The molecule has 0 aliphatic heterocycles. The highest BCUT2D eigenvalue weighted by atomic mass is 32.2. The van der Waals surface area contributed by atoms with Gasteiger partial charge in [0.05, 0.1) is 17.1 Å². The predicted molar refractivity (Wildman–Crippen MR) is 73.9 cm³/mol. The van der Waals surface area contributed by atoms with Gasteiger partial charge in [-0.15, -0.1) is 0 Å². The normalized spacial score (nSPS) is 11.4. The van der Waals surface area contributed by atoms with Crippen molar-refractivity contribution >= 4 is 16.0 Å². The fourth-order valence-corrected chi connectivity index (χ4v) is 2.49. The molecule has 0 saturated heterocycles. The van der Waals surface area contributed by atoms with E-state index < -0.39 is 26.7 Å². The molecule has 0 spiro atoms. The van der Waals surface area contributed by atoms with Crippen molar-refractivity contribution in [2.24, 2.45) is 5.14 Å². The molecule has 0 bridgehead atoms. The van der Waals surface area contributed by atoms with Crippen molar-refractivity contribution in [3.05, 3.63) is 29.1 Å². The van der Waals surface area contributed by atoms with Gasteiger partial charge in [0.2, 0.25) is 10.0 Å². The number of hydrogen-bond donors (Lipinski definition) is 1. The van der Waals surface area contributed by atoms with Crippen molar-refractivity contribution in [1.29, 1.82) is 0 Å². The van der Waals surface area contributed by atoms with Gasteiger partial charge in [-0.05, 0) is 31.0 Å². The van der Waals surface area contributed by atoms with Gasteiger partial charge in [-0.1, -0.05) is 6.92 Å². The molecule has 0 saturated carbocycles. The summed E-state index contributed by atoms with van der Waals surface area (Å²) in [6.07, 6.45) is 0.842. The number of sulfonamides is 1. The zero-order valence-corrected chi connectivity index (χ0v) is 12.7. The van der Waals surface area contributed by atoms with E-state index in [1.807, 2.05) is 6.92 Å². The van der Waals surface area contributed by atoms with E-state index in [0.717, 1.165) is 18.6 Å². The number of primary sulfonamides is 1. The van der Waals surface area contributed by atoms with Crippen LogP contribution < -0.4 is 5.14 Å². The van der Waals surface area contributed by atoms with Crippen LogP contribution in [-0.4, -0.2) is 34.2 Å². The summed E-state index contributed by atoms with van der Waals surface area (Å²) in [4.78, 5) is 11.4. The number of carbonyl (C=O) groups excluding carboxylic acids is 1. The second-order valence-corrected chi connectivity index (χ2v) is 5.90. The molecular formula is C13H18FNO5S. The van der Waals surface area contributed by atoms with Crippen LogP contribution in [0.25, 0.3) is 0 Å². The summed E-state index contributed by atoms with van der Waals surface area (Å²) in [6, 6.07) is 1.69. The smallest absolute Gasteiger partial charge is 0.338 e. The zero-order valence-electron chi connectivity index (χ0n) is 11.9. The largest absolute Gasteiger partial charge is 0.460 e. The first-order chi connectivity index (χ1) is 9.77. The quantitative estimate of drug-likeness (QED) is 0.605. The molecule has 0 aliphatic carbocycles. The fraction of sp³-hybridized carbons (Fsp3) is 0.462. The first-order valence-corrected chi connectivity index (χ1v) is 7.89. The van der Waals surface area contributed by atoms with E-state index in [1.165, 1.54) is 6.92 Å². The number of hydrogen-bond acceptors (Lipinski definition) is 5. The Bertz CT molecular complexity index is 615. The first kappa shape index (κ1) is 17.5. The molecule has 118 valence electrons. The lowest BCUT2D eigenvalue weighted by molar-refractivity contribution is 0.0317. The highest BCUT2D eigenvalue weighted by Gasteiger charge is 2.20. The van der Waals surface area contributed by atoms with Gasteiger partial charge in [0.15, 0.2) is 0 Å². The summed E-state index contributed by atoms with van der Waals surface area (Å²) in [5, 5.41) is 4.98. The SMILES string of the molecule is CCCOCCOC(=O)c1cc(F)cc(S(N)(=O)=O)c1C. The molecule has 1 rings (SSSR count). The van der Waals surface area contributed by atoms with Crippen LogP contribution in [0.15, 0.2) is 17.0 Å². The average molecular weight is 319 g/mol. The molecule has 2 N–H and O–H groups in total. The minimum atomic E-state index is -4.12. The Kier molecular flexibility index (Phi) is 6.25. The van der Waals surface area contributed by atoms with E-state index in [0.29, 0.717) is 6.61 Å². The molecule has 8 heteroatoms. The first-order valence-electron chi connectivity index (χ1n) is 6.35. The molecule has 0 amide bonds. The number of benzene rings is 1. The average Bonchev–Trinajstić information content (AvgIpc) is 2.39. The fourth-order valence-electron chi connectivity index (χ4n) is 1.68. The topological polar surface area (TPSA) is 95.7 Å². The molecule has 0 radical (unpaired) electrons. The lowest BCUT2D eigenvalue weighted by Gasteiger charge is -2.10. The number of carbonyl (C=O) groups is 1. The minimum Gasteiger partial charge on any atom is -0.460 e. The van der Waals surface area contributed by atoms with Crippen molar-refractivity contribution in [3.8, 4) is 0 Å². The van der Waals surface area contributed by atoms with Crippen LogP contribution in [0.4, 0.5) is 4.39 Å². The number of rotatable bonds is 7. The maximum atomic E-state index is 13.4. The summed E-state index contributed by atoms with van der Waals surface area (Å²) in [5.41, 5.74) is -0.118. The highest BCUT2D eigenvalue weighted by Crippen LogP contribution is 2.20. The minimum absolute atomic E-state index is 0.000501. The van der Waals surface area contributed by atoms with Crippen molar-refractivity contribution < 1.29 is 27.1 Å². The van der Waals surface area contributed by atoms with Crippen molar-refractivity contribution in [3.63, 3.8) is 0 Å². The van der Waals surface area contributed by atoms with Crippen LogP contribution in [-0.2, 0) is 19.5 Å². The second kappa shape index (κ2) is 7.48. The Labute approximate surface area is 123 Å². The van der Waals surface area contributed by atoms with E-state index in [2.05, 4.69) is 0 Å². The van der Waals surface area contributed by atoms with Crippen molar-refractivity contribution in [2.45, 2.75) is 25.2 Å². The van der Waals surface area contributed by atoms with Gasteiger partial charge in [-0.2, -0.15) is 0 Å². The second-order valence-electron chi connectivity index (χ2n) is 4.37. The molecule has 0 fully saturated rings. The number of nitrogens with two attached hydrogens (primary N) is 1. The van der Waals surface area contributed by atoms with E-state index in [1.54, 1.807) is 0 Å². The number of ether oxygens (including phenoxy) is 2. The van der Waals surface area contributed by atoms with Crippen LogP contribution in [0.2, 0.25) is 0 Å². The van der Waals surface area contributed by atoms with Crippen LogP contribution in [0.1, 0.15) is 29.3 Å². The van der Waals surface area contributed by atoms with E-state index in [4.69, 9.17) is 14.6 Å². The molecule has 0 aliphatic rings. The van der Waals surface area contributed by atoms with Gasteiger partial charge < -0.3 is 9.47 Å². The molecule has 0 atom stereocenters. The van der Waals surface area contributed by atoms with Gasteiger partial charge in [0, 0.05) is 6.61 Å². The summed E-state index contributed by atoms with van der Waals surface area (Å²) >= 11 is 0. The summed E-state index contributed by atoms with van der Waals surface area (Å²) < 4.78 is 46.2. The van der Waals surface area contributed by atoms with Crippen LogP contribution >= 0.6 is 0 Å². The zero-order chi connectivity index (χ0) is 16.0. The van der Waals surface area contributed by atoms with Gasteiger partial charge in [-0.3, -0.25) is 0 Å². The van der Waals surface area contributed by atoms with Crippen LogP contribution in [0, 0.1) is 12.7 Å². The molecule has 1 aromatic rings. The summed E-state index contributed by atoms with van der Waals surface area (Å²) in [6.45, 7) is 4.07. The third-order valence-electron chi connectivity index (χ3n) is 2.66. The highest BCUT2D eigenvalue weighted by molar-refractivity contribution is 7.89. The predicted octanol–water partition coefficient (Wildman–Crippen LogP) is 1.36. The maximum Gasteiger partial charge on any atom is 0.338 e. The van der Waals surface area contributed by atoms with Gasteiger partial charge >= 0.3 is 5.97 Å². The molecule has 1 aromatic carbocycles. The summed E-state index contributed by atoms with van der Waals surface area (Å²) in [7, 11) is -4.12. The molecule has 0 unspecified atom stereocenters. The lowest BCUT2D eigenvalue weighted by atomic mass is 10.1. The standard InChI is InChI=1S/C13H18FNO5S/c1-3-4-19-5-6-20-13(16)11-7-10(14)8-12(9(11)2)21(15,17)18/h7-8H,3-6H2,1-2H3,(H2,15,17,18). The Morgan fingerprint density at radius 2 is 1.95 bits per heavy atom. The molecular weight excluding hydrogens is 301 g/mol. The monoisotopic (exact) mass is 319 g/mol. The Hall–Kier alpha value is -1.51.